The van der Waals surface area contributed by atoms with Crippen LogP contribution in [0.5, 0.6) is 0 Å². The average molecular weight is 244 g/mol. The second-order valence-corrected chi connectivity index (χ2v) is 4.98. The van der Waals surface area contributed by atoms with Crippen molar-refractivity contribution in [2.45, 2.75) is 32.4 Å². The molecule has 0 saturated carbocycles. The Morgan fingerprint density at radius 1 is 1.33 bits per heavy atom. The highest BCUT2D eigenvalue weighted by Crippen LogP contribution is 2.27. The molecule has 0 amide bonds. The van der Waals surface area contributed by atoms with E-state index in [-0.39, 0.29) is 11.6 Å². The van der Waals surface area contributed by atoms with Crippen LogP contribution in [0.3, 0.4) is 0 Å². The lowest BCUT2D eigenvalue weighted by molar-refractivity contribution is -0.0298. The van der Waals surface area contributed by atoms with Crippen LogP contribution in [0.15, 0.2) is 36.5 Å². The van der Waals surface area contributed by atoms with Crippen molar-refractivity contribution in [1.82, 2.24) is 4.98 Å². The van der Waals surface area contributed by atoms with E-state index in [0.717, 1.165) is 16.5 Å². The average Bonchev–Trinajstić information content (AvgIpc) is 2.37. The Hall–Kier alpha value is -1.45. The van der Waals surface area contributed by atoms with Gasteiger partial charge in [-0.2, -0.15) is 0 Å². The van der Waals surface area contributed by atoms with Crippen LogP contribution in [0.25, 0.3) is 10.9 Å². The Morgan fingerprint density at radius 3 is 2.78 bits per heavy atom. The molecule has 1 aromatic carbocycles. The molecular formula is C15H20N2O. The Bertz CT molecular complexity index is 537. The molecule has 0 radical (unpaired) electrons. The molecule has 1 atom stereocenters. The van der Waals surface area contributed by atoms with Crippen molar-refractivity contribution in [1.29, 1.82) is 0 Å². The number of pyridine rings is 1. The largest absolute Gasteiger partial charge is 0.374 e. The van der Waals surface area contributed by atoms with Gasteiger partial charge >= 0.3 is 0 Å². The van der Waals surface area contributed by atoms with E-state index in [0.29, 0.717) is 6.61 Å². The van der Waals surface area contributed by atoms with Crippen LogP contribution in [-0.4, -0.2) is 17.2 Å². The third-order valence-corrected chi connectivity index (χ3v) is 3.24. The number of nitrogens with zero attached hydrogens (tertiary/aromatic N) is 1. The zero-order valence-corrected chi connectivity index (χ0v) is 11.2. The summed E-state index contributed by atoms with van der Waals surface area (Å²) in [5, 5.41) is 1.11. The smallest absolute Gasteiger partial charge is 0.0818 e. The maximum Gasteiger partial charge on any atom is 0.0818 e. The molecule has 0 spiro atoms. The highest BCUT2D eigenvalue weighted by molar-refractivity contribution is 5.78. The third kappa shape index (κ3) is 2.52. The minimum atomic E-state index is -0.390. The van der Waals surface area contributed by atoms with Crippen LogP contribution in [-0.2, 0) is 4.74 Å². The first-order chi connectivity index (χ1) is 8.54. The summed E-state index contributed by atoms with van der Waals surface area (Å²) in [7, 11) is 0. The van der Waals surface area contributed by atoms with Gasteiger partial charge in [0.05, 0.1) is 17.2 Å². The molecular weight excluding hydrogens is 224 g/mol. The number of fused-ring (bicyclic) bond motifs is 1. The summed E-state index contributed by atoms with van der Waals surface area (Å²) in [6.45, 7) is 6.65. The molecule has 2 aromatic rings. The highest BCUT2D eigenvalue weighted by Gasteiger charge is 2.28. The summed E-state index contributed by atoms with van der Waals surface area (Å²) in [6.07, 6.45) is 1.84. The van der Waals surface area contributed by atoms with E-state index in [1.165, 1.54) is 0 Å². The first-order valence-corrected chi connectivity index (χ1v) is 6.29. The first kappa shape index (κ1) is 13.0. The van der Waals surface area contributed by atoms with Crippen LogP contribution in [0, 0.1) is 0 Å². The van der Waals surface area contributed by atoms with E-state index in [1.54, 1.807) is 0 Å². The number of hydrogen-bond donors (Lipinski definition) is 1. The van der Waals surface area contributed by atoms with E-state index in [9.17, 15) is 0 Å². The molecule has 0 aliphatic carbocycles. The fourth-order valence-electron chi connectivity index (χ4n) is 2.12. The number of aromatic nitrogens is 1. The fourth-order valence-corrected chi connectivity index (χ4v) is 2.12. The molecule has 1 unspecified atom stereocenters. The fraction of sp³-hybridized carbons (Fsp3) is 0.400. The first-order valence-electron chi connectivity index (χ1n) is 6.29. The van der Waals surface area contributed by atoms with E-state index in [1.807, 2.05) is 51.2 Å². The van der Waals surface area contributed by atoms with E-state index in [2.05, 4.69) is 11.1 Å². The number of rotatable bonds is 4. The second-order valence-electron chi connectivity index (χ2n) is 4.98. The summed E-state index contributed by atoms with van der Waals surface area (Å²) in [5.41, 5.74) is 7.89. The standard InChI is InChI=1S/C15H20N2O/c1-4-18-15(2,3)14(16)12-9-11-7-5-6-8-13(11)17-10-12/h5-10,14H,4,16H2,1-3H3. The van der Waals surface area contributed by atoms with Gasteiger partial charge in [-0.15, -0.1) is 0 Å². The predicted molar refractivity (Wildman–Crippen MR) is 74.4 cm³/mol. The zero-order valence-electron chi connectivity index (χ0n) is 11.2. The summed E-state index contributed by atoms with van der Waals surface area (Å²) < 4.78 is 5.70. The molecule has 0 bridgehead atoms. The molecule has 0 aliphatic heterocycles. The summed E-state index contributed by atoms with van der Waals surface area (Å²) >= 11 is 0. The van der Waals surface area contributed by atoms with Gasteiger partial charge in [-0.25, -0.2) is 0 Å². The normalized spacial score (nSPS) is 13.8. The van der Waals surface area contributed by atoms with Gasteiger partial charge in [-0.1, -0.05) is 18.2 Å². The van der Waals surface area contributed by atoms with Gasteiger partial charge in [-0.3, -0.25) is 4.98 Å². The second kappa shape index (κ2) is 5.04. The van der Waals surface area contributed by atoms with Crippen molar-refractivity contribution in [3.05, 3.63) is 42.1 Å². The van der Waals surface area contributed by atoms with Crippen molar-refractivity contribution in [3.63, 3.8) is 0 Å². The summed E-state index contributed by atoms with van der Waals surface area (Å²) in [5.74, 6) is 0. The number of hydrogen-bond acceptors (Lipinski definition) is 3. The molecule has 3 heteroatoms. The summed E-state index contributed by atoms with van der Waals surface area (Å²) in [6, 6.07) is 9.94. The number of benzene rings is 1. The van der Waals surface area contributed by atoms with Crippen molar-refractivity contribution in [3.8, 4) is 0 Å². The SMILES string of the molecule is CCOC(C)(C)C(N)c1cnc2ccccc2c1. The van der Waals surface area contributed by atoms with Gasteiger partial charge in [0.1, 0.15) is 0 Å². The minimum Gasteiger partial charge on any atom is -0.374 e. The number of para-hydroxylation sites is 1. The lowest BCUT2D eigenvalue weighted by Crippen LogP contribution is -2.38. The van der Waals surface area contributed by atoms with Crippen molar-refractivity contribution in [2.75, 3.05) is 6.61 Å². The molecule has 2 N–H and O–H groups in total. The van der Waals surface area contributed by atoms with Gasteiger partial charge in [-0.05, 0) is 38.5 Å². The highest BCUT2D eigenvalue weighted by atomic mass is 16.5. The van der Waals surface area contributed by atoms with Gasteiger partial charge in [0.15, 0.2) is 0 Å². The van der Waals surface area contributed by atoms with E-state index in [4.69, 9.17) is 10.5 Å². The Labute approximate surface area is 108 Å². The van der Waals surface area contributed by atoms with E-state index >= 15 is 0 Å². The van der Waals surface area contributed by atoms with Crippen molar-refractivity contribution >= 4 is 10.9 Å². The Balaban J connectivity index is 2.36. The summed E-state index contributed by atoms with van der Waals surface area (Å²) in [4.78, 5) is 4.44. The van der Waals surface area contributed by atoms with E-state index < -0.39 is 0 Å². The van der Waals surface area contributed by atoms with Crippen molar-refractivity contribution in [2.24, 2.45) is 5.73 Å². The number of ether oxygens (including phenoxy) is 1. The van der Waals surface area contributed by atoms with Crippen LogP contribution in [0.1, 0.15) is 32.4 Å². The van der Waals surface area contributed by atoms with Gasteiger partial charge in [0, 0.05) is 18.2 Å². The Morgan fingerprint density at radius 2 is 2.06 bits per heavy atom. The molecule has 3 nitrogen and oxygen atoms in total. The van der Waals surface area contributed by atoms with Gasteiger partial charge in [0.25, 0.3) is 0 Å². The molecule has 1 heterocycles. The minimum absolute atomic E-state index is 0.186. The molecule has 96 valence electrons. The predicted octanol–water partition coefficient (Wildman–Crippen LogP) is 3.05. The number of nitrogens with two attached hydrogens (primary N) is 1. The van der Waals surface area contributed by atoms with Crippen LogP contribution >= 0.6 is 0 Å². The quantitative estimate of drug-likeness (QED) is 0.899. The maximum atomic E-state index is 6.28. The van der Waals surface area contributed by atoms with Crippen molar-refractivity contribution < 1.29 is 4.74 Å². The lowest BCUT2D eigenvalue weighted by Gasteiger charge is -2.31. The van der Waals surface area contributed by atoms with Gasteiger partial charge < -0.3 is 10.5 Å². The molecule has 18 heavy (non-hydrogen) atoms. The molecule has 2 rings (SSSR count). The Kier molecular flexibility index (Phi) is 3.64. The van der Waals surface area contributed by atoms with Gasteiger partial charge in [0.2, 0.25) is 0 Å². The molecule has 0 aliphatic rings. The van der Waals surface area contributed by atoms with Crippen LogP contribution in [0.2, 0.25) is 0 Å². The molecule has 0 fully saturated rings. The molecule has 0 saturated heterocycles. The van der Waals surface area contributed by atoms with Crippen LogP contribution in [0.4, 0.5) is 0 Å². The maximum absolute atomic E-state index is 6.28. The van der Waals surface area contributed by atoms with Crippen LogP contribution < -0.4 is 5.73 Å². The molecule has 1 aromatic heterocycles. The monoisotopic (exact) mass is 244 g/mol. The topological polar surface area (TPSA) is 48.1 Å². The lowest BCUT2D eigenvalue weighted by atomic mass is 9.93. The zero-order chi connectivity index (χ0) is 13.2. The third-order valence-electron chi connectivity index (χ3n) is 3.24.